The maximum Gasteiger partial charge on any atom is 0.243 e. The molecule has 0 radical (unpaired) electrons. The Morgan fingerprint density at radius 2 is 1.90 bits per heavy atom. The maximum atomic E-state index is 13.6. The third-order valence-electron chi connectivity index (χ3n) is 6.55. The molecule has 1 saturated heterocycles. The quantitative estimate of drug-likeness (QED) is 0.383. The van der Waals surface area contributed by atoms with Crippen LogP contribution in [0.1, 0.15) is 38.7 Å². The molecule has 1 fully saturated rings. The summed E-state index contributed by atoms with van der Waals surface area (Å²) < 4.78 is 28.6. The molecule has 2 amide bonds. The van der Waals surface area contributed by atoms with Gasteiger partial charge in [0.05, 0.1) is 16.8 Å². The van der Waals surface area contributed by atoms with Crippen molar-refractivity contribution < 1.29 is 18.0 Å². The summed E-state index contributed by atoms with van der Waals surface area (Å²) in [6.07, 6.45) is 6.25. The van der Waals surface area contributed by atoms with Gasteiger partial charge in [-0.15, -0.1) is 0 Å². The van der Waals surface area contributed by atoms with Crippen molar-refractivity contribution in [2.45, 2.75) is 56.6 Å². The van der Waals surface area contributed by atoms with Gasteiger partial charge in [-0.2, -0.15) is 4.72 Å². The molecular weight excluding hydrogens is 538 g/mol. The van der Waals surface area contributed by atoms with Crippen molar-refractivity contribution in [1.82, 2.24) is 24.9 Å². The van der Waals surface area contributed by atoms with E-state index in [1.54, 1.807) is 48.9 Å². The van der Waals surface area contributed by atoms with Crippen LogP contribution in [0.5, 0.6) is 0 Å². The van der Waals surface area contributed by atoms with Crippen LogP contribution in [-0.4, -0.2) is 53.7 Å². The minimum atomic E-state index is -3.92. The molecule has 0 saturated carbocycles. The predicted octanol–water partition coefficient (Wildman–Crippen LogP) is 3.80. The fraction of sp³-hybridized carbons (Fsp3) is 0.357. The number of sulfonamides is 1. The first-order valence-electron chi connectivity index (χ1n) is 12.9. The first-order chi connectivity index (χ1) is 18.7. The van der Waals surface area contributed by atoms with Crippen molar-refractivity contribution >= 4 is 33.4 Å². The zero-order valence-electron chi connectivity index (χ0n) is 21.9. The highest BCUT2D eigenvalue weighted by Gasteiger charge is 2.38. The number of likely N-dealkylation sites (tertiary alicyclic amines) is 1. The second kappa shape index (κ2) is 12.7. The summed E-state index contributed by atoms with van der Waals surface area (Å²) in [5.74, 6) is -0.654. The van der Waals surface area contributed by atoms with Gasteiger partial charge in [0, 0.05) is 36.1 Å². The van der Waals surface area contributed by atoms with E-state index in [-0.39, 0.29) is 23.3 Å². The molecule has 3 aromatic rings. The average Bonchev–Trinajstić information content (AvgIpc) is 3.42. The minimum Gasteiger partial charge on any atom is -0.350 e. The minimum absolute atomic E-state index is 0.0506. The van der Waals surface area contributed by atoms with Gasteiger partial charge in [-0.25, -0.2) is 8.42 Å². The van der Waals surface area contributed by atoms with E-state index < -0.39 is 28.0 Å². The number of benzene rings is 2. The molecule has 0 unspecified atom stereocenters. The second-order valence-corrected chi connectivity index (χ2v) is 12.1. The van der Waals surface area contributed by atoms with E-state index in [0.717, 1.165) is 11.1 Å². The van der Waals surface area contributed by atoms with Gasteiger partial charge in [0.2, 0.25) is 21.8 Å². The highest BCUT2D eigenvalue weighted by molar-refractivity contribution is 7.89. The zero-order valence-corrected chi connectivity index (χ0v) is 23.5. The summed E-state index contributed by atoms with van der Waals surface area (Å²) in [5.41, 5.74) is 2.21. The molecular formula is C28H32ClN5O4S. The number of halogens is 1. The third kappa shape index (κ3) is 7.20. The molecule has 4 rings (SSSR count). The Bertz CT molecular complexity index is 1400. The van der Waals surface area contributed by atoms with Gasteiger partial charge in [0.25, 0.3) is 0 Å². The van der Waals surface area contributed by atoms with Gasteiger partial charge < -0.3 is 10.2 Å². The van der Waals surface area contributed by atoms with E-state index in [0.29, 0.717) is 36.5 Å². The van der Waals surface area contributed by atoms with Gasteiger partial charge in [0.15, 0.2) is 0 Å². The van der Waals surface area contributed by atoms with Crippen molar-refractivity contribution in [1.29, 1.82) is 0 Å². The lowest BCUT2D eigenvalue weighted by Crippen LogP contribution is -2.53. The summed E-state index contributed by atoms with van der Waals surface area (Å²) in [7, 11) is -3.92. The Kier molecular flexibility index (Phi) is 9.32. The molecule has 1 aliphatic rings. The lowest BCUT2D eigenvalue weighted by molar-refractivity contribution is -0.140. The number of hydrogen-bond donors (Lipinski definition) is 2. The number of nitrogens with zero attached hydrogens (tertiary/aromatic N) is 3. The summed E-state index contributed by atoms with van der Waals surface area (Å²) in [4.78, 5) is 37.0. The molecule has 11 heteroatoms. The highest BCUT2D eigenvalue weighted by atomic mass is 35.5. The molecule has 0 spiro atoms. The monoisotopic (exact) mass is 569 g/mol. The third-order valence-corrected chi connectivity index (χ3v) is 8.28. The summed E-state index contributed by atoms with van der Waals surface area (Å²) in [5, 5.41) is 3.46. The van der Waals surface area contributed by atoms with Gasteiger partial charge in [-0.3, -0.25) is 19.6 Å². The molecule has 2 atom stereocenters. The van der Waals surface area contributed by atoms with Crippen LogP contribution in [0.4, 0.5) is 0 Å². The van der Waals surface area contributed by atoms with Crippen LogP contribution < -0.4 is 10.0 Å². The Labute approximate surface area is 234 Å². The molecule has 39 heavy (non-hydrogen) atoms. The van der Waals surface area contributed by atoms with Crippen molar-refractivity contribution in [2.24, 2.45) is 5.92 Å². The first kappa shape index (κ1) is 28.7. The summed E-state index contributed by atoms with van der Waals surface area (Å²) in [6.45, 7) is 4.40. The molecule has 1 aliphatic heterocycles. The van der Waals surface area contributed by atoms with Crippen LogP contribution in [0.15, 0.2) is 72.0 Å². The number of carbonyl (C=O) groups is 2. The van der Waals surface area contributed by atoms with Crippen molar-refractivity contribution in [3.05, 3.63) is 77.7 Å². The molecule has 206 valence electrons. The Balaban J connectivity index is 1.49. The molecule has 2 aromatic carbocycles. The normalized spacial score (nSPS) is 16.3. The lowest BCUT2D eigenvalue weighted by Gasteiger charge is -2.29. The van der Waals surface area contributed by atoms with E-state index in [9.17, 15) is 18.0 Å². The number of carbonyl (C=O) groups excluding carboxylic acids is 2. The van der Waals surface area contributed by atoms with Crippen LogP contribution in [0, 0.1) is 5.92 Å². The smallest absolute Gasteiger partial charge is 0.243 e. The van der Waals surface area contributed by atoms with Gasteiger partial charge in [0.1, 0.15) is 12.1 Å². The predicted molar refractivity (Wildman–Crippen MR) is 149 cm³/mol. The van der Waals surface area contributed by atoms with E-state index in [1.165, 1.54) is 17.0 Å². The summed E-state index contributed by atoms with van der Waals surface area (Å²) >= 11 is 6.23. The van der Waals surface area contributed by atoms with Crippen LogP contribution >= 0.6 is 11.6 Å². The van der Waals surface area contributed by atoms with Crippen LogP contribution in [0.3, 0.4) is 0 Å². The number of hydrogen-bond acceptors (Lipinski definition) is 6. The number of nitrogens with one attached hydrogen (secondary N) is 2. The lowest BCUT2D eigenvalue weighted by atomic mass is 10.0. The van der Waals surface area contributed by atoms with E-state index >= 15 is 0 Å². The molecule has 1 aromatic heterocycles. The zero-order chi connectivity index (χ0) is 28.0. The Morgan fingerprint density at radius 1 is 1.13 bits per heavy atom. The number of amides is 2. The van der Waals surface area contributed by atoms with E-state index in [4.69, 9.17) is 11.6 Å². The number of aromatic nitrogens is 2. The number of rotatable bonds is 10. The van der Waals surface area contributed by atoms with Gasteiger partial charge >= 0.3 is 0 Å². The maximum absolute atomic E-state index is 13.6. The van der Waals surface area contributed by atoms with Crippen LogP contribution in [0.25, 0.3) is 11.3 Å². The molecule has 9 nitrogen and oxygen atoms in total. The van der Waals surface area contributed by atoms with Gasteiger partial charge in [-0.1, -0.05) is 49.7 Å². The Morgan fingerprint density at radius 3 is 2.59 bits per heavy atom. The topological polar surface area (TPSA) is 121 Å². The van der Waals surface area contributed by atoms with Crippen LogP contribution in [-0.2, 0) is 26.2 Å². The first-order valence-corrected chi connectivity index (χ1v) is 14.7. The van der Waals surface area contributed by atoms with Gasteiger partial charge in [-0.05, 0) is 55.0 Å². The molecule has 2 N–H and O–H groups in total. The Hall–Kier alpha value is -3.34. The SMILES string of the molecule is CC(C)C[C@H](NS(=O)(=O)c1ccccc1)C(=O)N1CCC[C@H]1C(=O)NCc1cc(Cl)ccc1-c1cnccn1. The average molecular weight is 570 g/mol. The summed E-state index contributed by atoms with van der Waals surface area (Å²) in [6, 6.07) is 11.6. The van der Waals surface area contributed by atoms with Crippen LogP contribution in [0.2, 0.25) is 5.02 Å². The van der Waals surface area contributed by atoms with Crippen molar-refractivity contribution in [3.63, 3.8) is 0 Å². The molecule has 0 bridgehead atoms. The second-order valence-electron chi connectivity index (χ2n) is 9.92. The van der Waals surface area contributed by atoms with Crippen molar-refractivity contribution in [2.75, 3.05) is 6.54 Å². The standard InChI is InChI=1S/C28H32ClN5O4S/c1-19(2)15-24(33-39(37,38)22-7-4-3-5-8-22)28(36)34-14-6-9-26(34)27(35)32-17-20-16-21(29)10-11-23(20)25-18-30-12-13-31-25/h3-5,7-8,10-13,16,18-19,24,26,33H,6,9,14-15,17H2,1-2H3,(H,32,35)/t24-,26-/m0/s1. The van der Waals surface area contributed by atoms with E-state index in [1.807, 2.05) is 19.9 Å². The van der Waals surface area contributed by atoms with E-state index in [2.05, 4.69) is 20.0 Å². The molecule has 2 heterocycles. The fourth-order valence-electron chi connectivity index (χ4n) is 4.73. The fourth-order valence-corrected chi connectivity index (χ4v) is 6.14. The largest absolute Gasteiger partial charge is 0.350 e. The molecule has 0 aliphatic carbocycles. The van der Waals surface area contributed by atoms with Crippen molar-refractivity contribution in [3.8, 4) is 11.3 Å². The highest BCUT2D eigenvalue weighted by Crippen LogP contribution is 2.26.